The zero-order valence-corrected chi connectivity index (χ0v) is 22.4. The molecule has 0 unspecified atom stereocenters. The van der Waals surface area contributed by atoms with E-state index in [1.807, 2.05) is 30.3 Å². The molecule has 0 aromatic heterocycles. The summed E-state index contributed by atoms with van der Waals surface area (Å²) in [6.45, 7) is -1.00. The number of aliphatic hydroxyl groups is 4. The molecule has 1 aliphatic heterocycles. The van der Waals surface area contributed by atoms with Crippen molar-refractivity contribution < 1.29 is 44.6 Å². The molecule has 1 fully saturated rings. The highest BCUT2D eigenvalue weighted by Crippen LogP contribution is 2.46. The summed E-state index contributed by atoms with van der Waals surface area (Å²) >= 11 is 0. The van der Waals surface area contributed by atoms with E-state index in [-0.39, 0.29) is 52.5 Å². The third kappa shape index (κ3) is 5.22. The lowest BCUT2D eigenvalue weighted by Gasteiger charge is -2.40. The van der Waals surface area contributed by atoms with E-state index in [4.69, 9.17) is 20.9 Å². The molecule has 12 heteroatoms. The summed E-state index contributed by atoms with van der Waals surface area (Å²) in [4.78, 5) is 31.7. The van der Waals surface area contributed by atoms with Crippen LogP contribution in [0.2, 0.25) is 0 Å². The van der Waals surface area contributed by atoms with Gasteiger partial charge in [-0.05, 0) is 24.0 Å². The molecule has 0 radical (unpaired) electrons. The lowest BCUT2D eigenvalue weighted by Crippen LogP contribution is -2.60. The number of aliphatic imine (C=N–C) groups is 1. The Balaban J connectivity index is 1.72. The Kier molecular flexibility index (Phi) is 8.25. The summed E-state index contributed by atoms with van der Waals surface area (Å²) in [6, 6.07) is 15.6. The molecule has 0 amide bonds. The molecule has 2 aliphatic rings. The molecule has 42 heavy (non-hydrogen) atoms. The van der Waals surface area contributed by atoms with Gasteiger partial charge >= 0.3 is 0 Å². The quantitative estimate of drug-likeness (QED) is 0.108. The highest BCUT2D eigenvalue weighted by Gasteiger charge is 2.46. The average Bonchev–Trinajstić information content (AvgIpc) is 2.99. The molecule has 0 spiro atoms. The second-order valence-corrected chi connectivity index (χ2v) is 10.1. The highest BCUT2D eigenvalue weighted by molar-refractivity contribution is 6.30. The maximum absolute atomic E-state index is 13.9. The van der Waals surface area contributed by atoms with Gasteiger partial charge in [-0.3, -0.25) is 9.59 Å². The van der Waals surface area contributed by atoms with Gasteiger partial charge in [-0.25, -0.2) is 4.99 Å². The van der Waals surface area contributed by atoms with Gasteiger partial charge in [-0.15, -0.1) is 0 Å². The number of hydrogen-bond acceptors (Lipinski definition) is 10. The van der Waals surface area contributed by atoms with Gasteiger partial charge in [-0.1, -0.05) is 54.6 Å². The molecule has 0 bridgehead atoms. The number of carbonyl (C=O) groups excluding carboxylic acids is 2. The molecule has 5 rings (SSSR count). The number of nitrogens with two attached hydrogens (primary N) is 2. The first kappa shape index (κ1) is 29.2. The smallest absolute Gasteiger partial charge is 0.229 e. The van der Waals surface area contributed by atoms with Crippen molar-refractivity contribution in [3.63, 3.8) is 0 Å². The number of rotatable bonds is 8. The third-order valence-corrected chi connectivity index (χ3v) is 7.52. The summed E-state index contributed by atoms with van der Waals surface area (Å²) in [5.74, 6) is -2.46. The minimum Gasteiger partial charge on any atom is -0.504 e. The molecule has 1 saturated heterocycles. The fourth-order valence-corrected chi connectivity index (χ4v) is 5.37. The second-order valence-electron chi connectivity index (χ2n) is 10.1. The number of phenolic OH excluding ortho intramolecular Hbond substituents is 1. The van der Waals surface area contributed by atoms with E-state index in [2.05, 4.69) is 4.99 Å². The predicted octanol–water partition coefficient (Wildman–Crippen LogP) is -0.0951. The van der Waals surface area contributed by atoms with Gasteiger partial charge < -0.3 is 46.5 Å². The Morgan fingerprint density at radius 2 is 1.45 bits per heavy atom. The van der Waals surface area contributed by atoms with Crippen LogP contribution in [0.15, 0.2) is 59.6 Å². The van der Waals surface area contributed by atoms with Crippen LogP contribution in [0.4, 0.5) is 0 Å². The first-order valence-corrected chi connectivity index (χ1v) is 13.3. The Morgan fingerprint density at radius 1 is 0.833 bits per heavy atom. The molecule has 1 heterocycles. The number of ether oxygens (including phenoxy) is 2. The molecule has 220 valence electrons. The number of ketones is 2. The number of hydrogen-bond donors (Lipinski definition) is 7. The molecule has 9 N–H and O–H groups in total. The van der Waals surface area contributed by atoms with Crippen LogP contribution in [0.1, 0.15) is 48.5 Å². The topological polar surface area (TPSA) is 218 Å². The van der Waals surface area contributed by atoms with Crippen LogP contribution < -0.4 is 16.2 Å². The van der Waals surface area contributed by atoms with Crippen LogP contribution in [-0.4, -0.2) is 80.4 Å². The maximum atomic E-state index is 13.9. The van der Waals surface area contributed by atoms with E-state index in [1.54, 1.807) is 12.1 Å². The average molecular weight is 578 g/mol. The number of aromatic hydroxyl groups is 1. The fourth-order valence-electron chi connectivity index (χ4n) is 5.37. The minimum atomic E-state index is -1.82. The zero-order valence-electron chi connectivity index (χ0n) is 22.4. The summed E-state index contributed by atoms with van der Waals surface area (Å²) in [7, 11) is 0. The van der Waals surface area contributed by atoms with E-state index in [9.17, 15) is 35.1 Å². The summed E-state index contributed by atoms with van der Waals surface area (Å²) in [5.41, 5.74) is 12.6. The second kappa shape index (κ2) is 11.9. The monoisotopic (exact) mass is 577 g/mol. The van der Waals surface area contributed by atoms with Crippen molar-refractivity contribution in [1.29, 1.82) is 0 Å². The van der Waals surface area contributed by atoms with E-state index >= 15 is 0 Å². The van der Waals surface area contributed by atoms with Crippen molar-refractivity contribution >= 4 is 17.5 Å². The number of benzene rings is 3. The Labute approximate surface area is 240 Å². The van der Waals surface area contributed by atoms with Gasteiger partial charge in [0.2, 0.25) is 6.29 Å². The highest BCUT2D eigenvalue weighted by atomic mass is 16.7. The normalized spacial score (nSPS) is 23.2. The van der Waals surface area contributed by atoms with E-state index in [1.165, 1.54) is 12.1 Å². The van der Waals surface area contributed by atoms with Crippen LogP contribution in [0, 0.1) is 0 Å². The minimum absolute atomic E-state index is 0.0194. The molecule has 1 aliphatic carbocycles. The molecule has 5 atom stereocenters. The maximum Gasteiger partial charge on any atom is 0.229 e. The SMILES string of the molecule is NC(N)=NCc1c(CCc2ccccc2)c2c(c(O)c1O[C@H]1O[C@@H](CO)[C@H](O)[C@@H](O)[C@@H]1O)C(=O)c1ccccc1C2=O. The van der Waals surface area contributed by atoms with Gasteiger partial charge in [0, 0.05) is 22.3 Å². The molecule has 12 nitrogen and oxygen atoms in total. The van der Waals surface area contributed by atoms with Crippen molar-refractivity contribution in [2.45, 2.75) is 50.1 Å². The molecular weight excluding hydrogens is 546 g/mol. The van der Waals surface area contributed by atoms with E-state index in [0.717, 1.165) is 5.56 Å². The number of guanidine groups is 1. The van der Waals surface area contributed by atoms with Crippen molar-refractivity contribution in [1.82, 2.24) is 0 Å². The van der Waals surface area contributed by atoms with Crippen molar-refractivity contribution in [2.24, 2.45) is 16.5 Å². The lowest BCUT2D eigenvalue weighted by molar-refractivity contribution is -0.277. The number of carbonyl (C=O) groups is 2. The van der Waals surface area contributed by atoms with Gasteiger partial charge in [0.25, 0.3) is 0 Å². The predicted molar refractivity (Wildman–Crippen MR) is 149 cm³/mol. The van der Waals surface area contributed by atoms with Gasteiger partial charge in [-0.2, -0.15) is 0 Å². The first-order chi connectivity index (χ1) is 20.1. The Hall–Kier alpha value is -4.33. The standard InChI is InChI=1S/C30H31N3O9/c31-30(32)33-12-18-15(11-10-14-6-2-1-3-7-14)20-21(23(36)17-9-5-4-8-16(17)22(20)35)25(38)28(18)42-29-27(40)26(39)24(37)19(13-34)41-29/h1-9,19,24,26-27,29,34,37-40H,10-13H2,(H4,31,32,33)/t19-,24-,26+,27-,29+/m0/s1. The summed E-state index contributed by atoms with van der Waals surface area (Å²) in [6.07, 6.45) is -7.62. The number of fused-ring (bicyclic) bond motifs is 2. The molecular formula is C30H31N3O9. The van der Waals surface area contributed by atoms with Crippen LogP contribution in [-0.2, 0) is 24.1 Å². The van der Waals surface area contributed by atoms with Crippen molar-refractivity contribution in [3.8, 4) is 11.5 Å². The van der Waals surface area contributed by atoms with E-state index in [0.29, 0.717) is 12.0 Å². The molecule has 0 saturated carbocycles. The largest absolute Gasteiger partial charge is 0.504 e. The van der Waals surface area contributed by atoms with Gasteiger partial charge in [0.05, 0.1) is 18.7 Å². The first-order valence-electron chi connectivity index (χ1n) is 13.3. The lowest BCUT2D eigenvalue weighted by atomic mass is 9.78. The van der Waals surface area contributed by atoms with E-state index < -0.39 is 54.6 Å². The summed E-state index contributed by atoms with van der Waals surface area (Å²) < 4.78 is 11.4. The molecule has 3 aromatic rings. The Morgan fingerprint density at radius 3 is 2.07 bits per heavy atom. The van der Waals surface area contributed by atoms with Crippen LogP contribution >= 0.6 is 0 Å². The van der Waals surface area contributed by atoms with Crippen molar-refractivity contribution in [3.05, 3.63) is 93.5 Å². The number of phenols is 1. The van der Waals surface area contributed by atoms with Crippen LogP contribution in [0.25, 0.3) is 0 Å². The molecule has 3 aromatic carbocycles. The number of aryl methyl sites for hydroxylation is 1. The summed E-state index contributed by atoms with van der Waals surface area (Å²) in [5, 5.41) is 52.4. The third-order valence-electron chi connectivity index (χ3n) is 7.52. The fraction of sp³-hybridized carbons (Fsp3) is 0.300. The van der Waals surface area contributed by atoms with Crippen LogP contribution in [0.5, 0.6) is 11.5 Å². The van der Waals surface area contributed by atoms with Gasteiger partial charge in [0.1, 0.15) is 24.4 Å². The number of nitrogens with zero attached hydrogens (tertiary/aromatic N) is 1. The zero-order chi connectivity index (χ0) is 30.1. The number of aliphatic hydroxyl groups excluding tert-OH is 4. The van der Waals surface area contributed by atoms with Gasteiger partial charge in [0.15, 0.2) is 29.0 Å². The van der Waals surface area contributed by atoms with Crippen molar-refractivity contribution in [2.75, 3.05) is 6.61 Å². The Bertz CT molecular complexity index is 1540. The van der Waals surface area contributed by atoms with Crippen LogP contribution in [0.3, 0.4) is 0 Å².